The molecule has 1 aliphatic rings. The van der Waals surface area contributed by atoms with Crippen molar-refractivity contribution in [2.75, 3.05) is 37.8 Å². The van der Waals surface area contributed by atoms with E-state index < -0.39 is 18.2 Å². The Balaban J connectivity index is 1.35. The molecule has 5 aromatic rings. The molecule has 0 bridgehead atoms. The van der Waals surface area contributed by atoms with Crippen LogP contribution in [-0.2, 0) is 6.54 Å². The van der Waals surface area contributed by atoms with Gasteiger partial charge in [-0.2, -0.15) is 5.26 Å². The van der Waals surface area contributed by atoms with Crippen LogP contribution in [0.25, 0.3) is 32.1 Å². The highest BCUT2D eigenvalue weighted by Gasteiger charge is 2.31. The van der Waals surface area contributed by atoms with Gasteiger partial charge in [-0.25, -0.2) is 14.2 Å². The Kier molecular flexibility index (Phi) is 8.73. The molecule has 4 aromatic heterocycles. The number of carboxylic acid groups (broad SMARTS) is 1. The van der Waals surface area contributed by atoms with Gasteiger partial charge in [0.1, 0.15) is 24.1 Å². The second-order valence-corrected chi connectivity index (χ2v) is 13.3. The van der Waals surface area contributed by atoms with Crippen LogP contribution in [0.4, 0.5) is 10.2 Å². The lowest BCUT2D eigenvalue weighted by molar-refractivity contribution is 0.0699. The minimum atomic E-state index is -1.05. The number of aromatic carboxylic acids is 1. The topological polar surface area (TPSA) is 115 Å². The molecule has 47 heavy (non-hydrogen) atoms. The predicted molar refractivity (Wildman–Crippen MR) is 183 cm³/mol. The molecule has 0 saturated carbocycles. The average molecular weight is 669 g/mol. The van der Waals surface area contributed by atoms with Crippen LogP contribution >= 0.6 is 22.9 Å². The highest BCUT2D eigenvalue weighted by Crippen LogP contribution is 2.36. The Morgan fingerprint density at radius 3 is 2.62 bits per heavy atom. The van der Waals surface area contributed by atoms with Crippen LogP contribution in [-0.4, -0.2) is 68.9 Å². The van der Waals surface area contributed by atoms with Gasteiger partial charge in [-0.1, -0.05) is 23.4 Å². The van der Waals surface area contributed by atoms with Gasteiger partial charge in [0, 0.05) is 82.3 Å². The third kappa shape index (κ3) is 5.94. The Morgan fingerprint density at radius 1 is 1.15 bits per heavy atom. The number of thiophene rings is 1. The number of aryl methyl sites for hydroxylation is 1. The maximum absolute atomic E-state index is 13.9. The summed E-state index contributed by atoms with van der Waals surface area (Å²) in [6, 6.07) is 11.2. The molecule has 0 aliphatic carbocycles. The SMILES string of the molecule is Cc1cc2cnc(N3CCN(C(C)(C)CF)CC3)c(C#N)c2c(=O)n1CC#Cc1ccc(Cl)cc1-c1ccnc2c(C(=O)O)csc12. The molecular weight excluding hydrogens is 639 g/mol. The first-order chi connectivity index (χ1) is 22.5. The zero-order valence-electron chi connectivity index (χ0n) is 26.0. The van der Waals surface area contributed by atoms with E-state index >= 15 is 0 Å². The molecule has 0 atom stereocenters. The van der Waals surface area contributed by atoms with E-state index in [1.807, 2.05) is 31.7 Å². The lowest BCUT2D eigenvalue weighted by Gasteiger charge is -2.43. The van der Waals surface area contributed by atoms with Crippen molar-refractivity contribution in [3.63, 3.8) is 0 Å². The number of hydrogen-bond donors (Lipinski definition) is 1. The number of aromatic nitrogens is 3. The number of piperazine rings is 1. The fourth-order valence-electron chi connectivity index (χ4n) is 5.96. The third-order valence-corrected chi connectivity index (χ3v) is 9.87. The number of anilines is 1. The molecule has 1 N–H and O–H groups in total. The van der Waals surface area contributed by atoms with Gasteiger partial charge in [-0.05, 0) is 51.1 Å². The summed E-state index contributed by atoms with van der Waals surface area (Å²) >= 11 is 7.67. The number of carbonyl (C=O) groups is 1. The molecule has 1 aliphatic heterocycles. The van der Waals surface area contributed by atoms with Crippen LogP contribution in [0, 0.1) is 30.1 Å². The fourth-order valence-corrected chi connectivity index (χ4v) is 7.16. The molecule has 0 amide bonds. The van der Waals surface area contributed by atoms with Gasteiger partial charge in [-0.15, -0.1) is 11.3 Å². The van der Waals surface area contributed by atoms with Crippen molar-refractivity contribution in [3.8, 4) is 29.0 Å². The van der Waals surface area contributed by atoms with Gasteiger partial charge in [-0.3, -0.25) is 14.7 Å². The summed E-state index contributed by atoms with van der Waals surface area (Å²) in [5.74, 6) is 5.70. The number of halogens is 2. The smallest absolute Gasteiger partial charge is 0.338 e. The second-order valence-electron chi connectivity index (χ2n) is 12.0. The standard InChI is InChI=1S/C35H30ClFN6O3S/c1-21-15-23-18-40-32(41-11-13-42(14-12-41)35(2,3)20-37)27(17-38)29(23)33(44)43(21)10-4-5-22-6-7-24(36)16-26(22)25-8-9-39-30-28(34(45)46)19-47-31(25)30/h6-9,15-16,18-19H,10-14,20H2,1-3H3,(H,45,46). The van der Waals surface area contributed by atoms with Gasteiger partial charge >= 0.3 is 5.97 Å². The maximum Gasteiger partial charge on any atom is 0.338 e. The summed E-state index contributed by atoms with van der Waals surface area (Å²) in [5, 5.41) is 22.8. The number of carboxylic acids is 1. The van der Waals surface area contributed by atoms with E-state index in [4.69, 9.17) is 11.6 Å². The molecule has 9 nitrogen and oxygen atoms in total. The molecule has 0 unspecified atom stereocenters. The highest BCUT2D eigenvalue weighted by atomic mass is 35.5. The zero-order valence-corrected chi connectivity index (χ0v) is 27.5. The summed E-state index contributed by atoms with van der Waals surface area (Å²) in [7, 11) is 0. The van der Waals surface area contributed by atoms with Crippen LogP contribution in [0.3, 0.4) is 0 Å². The van der Waals surface area contributed by atoms with E-state index in [1.165, 1.54) is 11.3 Å². The molecule has 1 aromatic carbocycles. The van der Waals surface area contributed by atoms with E-state index in [0.29, 0.717) is 63.9 Å². The quantitative estimate of drug-likeness (QED) is 0.215. The summed E-state index contributed by atoms with van der Waals surface area (Å²) in [4.78, 5) is 38.6. The third-order valence-electron chi connectivity index (χ3n) is 8.63. The maximum atomic E-state index is 13.9. The molecule has 0 spiro atoms. The lowest BCUT2D eigenvalue weighted by Crippen LogP contribution is -2.55. The number of fused-ring (bicyclic) bond motifs is 2. The van der Waals surface area contributed by atoms with Crippen LogP contribution in [0.2, 0.25) is 5.02 Å². The van der Waals surface area contributed by atoms with Crippen LogP contribution in [0.5, 0.6) is 0 Å². The summed E-state index contributed by atoms with van der Waals surface area (Å²) < 4.78 is 15.8. The molecule has 0 radical (unpaired) electrons. The van der Waals surface area contributed by atoms with E-state index in [2.05, 4.69) is 32.8 Å². The normalized spacial score (nSPS) is 13.8. The number of rotatable bonds is 6. The number of nitriles is 1. The molecule has 238 valence electrons. The number of hydrogen-bond acceptors (Lipinski definition) is 8. The lowest BCUT2D eigenvalue weighted by atomic mass is 10.00. The Labute approximate surface area is 279 Å². The van der Waals surface area contributed by atoms with Crippen molar-refractivity contribution in [3.05, 3.63) is 85.9 Å². The summed E-state index contributed by atoms with van der Waals surface area (Å²) in [6.07, 6.45) is 3.19. The minimum Gasteiger partial charge on any atom is -0.478 e. The van der Waals surface area contributed by atoms with Crippen molar-refractivity contribution in [2.24, 2.45) is 0 Å². The molecule has 6 rings (SSSR count). The Bertz CT molecular complexity index is 2220. The van der Waals surface area contributed by atoms with E-state index in [1.54, 1.807) is 46.6 Å². The van der Waals surface area contributed by atoms with Crippen LogP contribution in [0.1, 0.15) is 41.0 Å². The molecule has 5 heterocycles. The van der Waals surface area contributed by atoms with Gasteiger partial charge in [0.05, 0.1) is 27.7 Å². The molecule has 1 saturated heterocycles. The van der Waals surface area contributed by atoms with Gasteiger partial charge in [0.15, 0.2) is 0 Å². The van der Waals surface area contributed by atoms with Gasteiger partial charge < -0.3 is 14.6 Å². The van der Waals surface area contributed by atoms with Crippen LogP contribution < -0.4 is 10.5 Å². The van der Waals surface area contributed by atoms with Crippen molar-refractivity contribution in [1.29, 1.82) is 5.26 Å². The van der Waals surface area contributed by atoms with Gasteiger partial charge in [0.25, 0.3) is 5.56 Å². The second kappa shape index (κ2) is 12.8. The molecule has 1 fully saturated rings. The predicted octanol–water partition coefficient (Wildman–Crippen LogP) is 6.13. The zero-order chi connectivity index (χ0) is 33.5. The average Bonchev–Trinajstić information content (AvgIpc) is 3.51. The first kappa shape index (κ1) is 32.1. The fraction of sp³-hybridized carbons (Fsp3) is 0.286. The number of alkyl halides is 1. The van der Waals surface area contributed by atoms with E-state index in [0.717, 1.165) is 11.1 Å². The van der Waals surface area contributed by atoms with Crippen LogP contribution in [0.15, 0.2) is 52.9 Å². The monoisotopic (exact) mass is 668 g/mol. The van der Waals surface area contributed by atoms with Crippen molar-refractivity contribution in [1.82, 2.24) is 19.4 Å². The number of nitrogens with zero attached hydrogens (tertiary/aromatic N) is 6. The largest absolute Gasteiger partial charge is 0.478 e. The van der Waals surface area contributed by atoms with E-state index in [-0.39, 0.29) is 28.6 Å². The number of pyridine rings is 3. The first-order valence-electron chi connectivity index (χ1n) is 14.9. The molecular formula is C35H30ClFN6O3S. The first-order valence-corrected chi connectivity index (χ1v) is 16.2. The van der Waals surface area contributed by atoms with E-state index in [9.17, 15) is 24.3 Å². The summed E-state index contributed by atoms with van der Waals surface area (Å²) in [6.45, 7) is 7.50. The Morgan fingerprint density at radius 2 is 1.91 bits per heavy atom. The van der Waals surface area contributed by atoms with Gasteiger partial charge in [0.2, 0.25) is 0 Å². The Hall–Kier alpha value is -4.81. The summed E-state index contributed by atoms with van der Waals surface area (Å²) in [5.41, 5.74) is 2.63. The minimum absolute atomic E-state index is 0.0656. The van der Waals surface area contributed by atoms with Crippen molar-refractivity contribution >= 4 is 55.7 Å². The molecule has 12 heteroatoms. The number of benzene rings is 1. The highest BCUT2D eigenvalue weighted by molar-refractivity contribution is 7.18. The van der Waals surface area contributed by atoms with Crippen molar-refractivity contribution in [2.45, 2.75) is 32.9 Å². The van der Waals surface area contributed by atoms with Crippen molar-refractivity contribution < 1.29 is 14.3 Å².